The molecule has 0 bridgehead atoms. The summed E-state index contributed by atoms with van der Waals surface area (Å²) in [6.45, 7) is 5.58. The number of hydrogen-bond acceptors (Lipinski definition) is 3. The molecule has 0 aliphatic rings. The zero-order valence-corrected chi connectivity index (χ0v) is 12.6. The Morgan fingerprint density at radius 3 is 2.37 bits per heavy atom. The van der Waals surface area contributed by atoms with Crippen LogP contribution in [-0.2, 0) is 14.9 Å². The molecule has 0 radical (unpaired) electrons. The summed E-state index contributed by atoms with van der Waals surface area (Å²) in [4.78, 5) is 10.9. The summed E-state index contributed by atoms with van der Waals surface area (Å²) in [6, 6.07) is 0. The van der Waals surface area contributed by atoms with E-state index in [0.29, 0.717) is 24.0 Å². The van der Waals surface area contributed by atoms with Crippen molar-refractivity contribution in [3.8, 4) is 0 Å². The molecule has 19 heavy (non-hydrogen) atoms. The molecule has 0 rings (SSSR count). The Bertz CT molecular complexity index is 391. The van der Waals surface area contributed by atoms with Gasteiger partial charge in [0, 0.05) is 13.0 Å². The minimum Gasteiger partial charge on any atom is -0.353 e. The van der Waals surface area contributed by atoms with Crippen molar-refractivity contribution in [2.45, 2.75) is 19.3 Å². The zero-order valence-electron chi connectivity index (χ0n) is 11.8. The van der Waals surface area contributed by atoms with E-state index < -0.39 is 10.1 Å². The van der Waals surface area contributed by atoms with Gasteiger partial charge in [0.1, 0.15) is 0 Å². The van der Waals surface area contributed by atoms with Gasteiger partial charge >= 0.3 is 0 Å². The van der Waals surface area contributed by atoms with E-state index in [-0.39, 0.29) is 11.7 Å². The molecule has 0 saturated heterocycles. The van der Waals surface area contributed by atoms with E-state index >= 15 is 0 Å². The van der Waals surface area contributed by atoms with Gasteiger partial charge in [-0.3, -0.25) is 9.35 Å². The SMILES string of the molecule is C=CC(=O)NCCCC[N+](C)(C)CCCS(=O)(=O)O. The van der Waals surface area contributed by atoms with Crippen LogP contribution in [0.25, 0.3) is 0 Å². The number of nitrogens with one attached hydrogen (secondary N) is 1. The zero-order chi connectivity index (χ0) is 14.9. The molecule has 6 nitrogen and oxygen atoms in total. The maximum Gasteiger partial charge on any atom is 0.265 e. The monoisotopic (exact) mass is 293 g/mol. The summed E-state index contributed by atoms with van der Waals surface area (Å²) < 4.78 is 30.6. The average molecular weight is 293 g/mol. The Labute approximate surface area is 115 Å². The Hall–Kier alpha value is -0.920. The smallest absolute Gasteiger partial charge is 0.265 e. The quantitative estimate of drug-likeness (QED) is 0.265. The normalized spacial score (nSPS) is 12.2. The summed E-state index contributed by atoms with van der Waals surface area (Å²) in [7, 11) is 0.185. The van der Waals surface area contributed by atoms with Gasteiger partial charge in [-0.05, 0) is 18.9 Å². The third-order valence-corrected chi connectivity index (χ3v) is 3.65. The standard InChI is InChI=1S/C12H24N2O4S/c1-4-12(15)13-8-5-6-9-14(2,3)10-7-11-19(16,17)18/h4H,1,5-11H2,2-3H3,(H-,13,15,16,17,18)/p+1. The van der Waals surface area contributed by atoms with Gasteiger partial charge in [0.15, 0.2) is 0 Å². The van der Waals surface area contributed by atoms with Crippen LogP contribution in [0.15, 0.2) is 12.7 Å². The van der Waals surface area contributed by atoms with Gasteiger partial charge < -0.3 is 9.80 Å². The number of amides is 1. The Morgan fingerprint density at radius 1 is 1.26 bits per heavy atom. The molecule has 0 aromatic rings. The van der Waals surface area contributed by atoms with Gasteiger partial charge in [0.25, 0.3) is 10.1 Å². The number of nitrogens with zero attached hydrogens (tertiary/aromatic N) is 1. The van der Waals surface area contributed by atoms with Crippen molar-refractivity contribution in [1.82, 2.24) is 5.32 Å². The van der Waals surface area contributed by atoms with Crippen molar-refractivity contribution in [1.29, 1.82) is 0 Å². The Morgan fingerprint density at radius 2 is 1.84 bits per heavy atom. The molecule has 0 aromatic heterocycles. The fraction of sp³-hybridized carbons (Fsp3) is 0.750. The minimum absolute atomic E-state index is 0.165. The molecule has 0 heterocycles. The van der Waals surface area contributed by atoms with Gasteiger partial charge in [-0.15, -0.1) is 0 Å². The fourth-order valence-corrected chi connectivity index (χ4v) is 2.23. The molecule has 0 atom stereocenters. The highest BCUT2D eigenvalue weighted by atomic mass is 32.2. The molecule has 0 unspecified atom stereocenters. The molecular formula is C12H25N2O4S+. The highest BCUT2D eigenvalue weighted by Crippen LogP contribution is 2.04. The van der Waals surface area contributed by atoms with Crippen LogP contribution in [0.1, 0.15) is 19.3 Å². The van der Waals surface area contributed by atoms with Crippen LogP contribution in [0.5, 0.6) is 0 Å². The lowest BCUT2D eigenvalue weighted by Gasteiger charge is -2.29. The first-order valence-corrected chi connectivity index (χ1v) is 7.95. The first-order chi connectivity index (χ1) is 8.66. The Balaban J connectivity index is 3.73. The average Bonchev–Trinajstić information content (AvgIpc) is 2.25. The van der Waals surface area contributed by atoms with Crippen LogP contribution in [-0.4, -0.2) is 62.8 Å². The summed E-state index contributed by atoms with van der Waals surface area (Å²) in [5.74, 6) is -0.355. The molecule has 112 valence electrons. The third kappa shape index (κ3) is 11.9. The largest absolute Gasteiger partial charge is 0.353 e. The second-order valence-electron chi connectivity index (χ2n) is 5.22. The minimum atomic E-state index is -3.86. The van der Waals surface area contributed by atoms with Crippen molar-refractivity contribution in [2.75, 3.05) is 39.5 Å². The number of rotatable bonds is 10. The number of hydrogen-bond donors (Lipinski definition) is 2. The number of unbranched alkanes of at least 4 members (excludes halogenated alkanes) is 1. The molecule has 0 saturated carbocycles. The predicted octanol–water partition coefficient (Wildman–Crippen LogP) is 0.423. The topological polar surface area (TPSA) is 83.5 Å². The molecular weight excluding hydrogens is 268 g/mol. The molecule has 0 spiro atoms. The van der Waals surface area contributed by atoms with E-state index in [0.717, 1.165) is 19.4 Å². The molecule has 2 N–H and O–H groups in total. The maximum absolute atomic E-state index is 10.9. The van der Waals surface area contributed by atoms with Gasteiger partial charge in [0.05, 0.1) is 32.9 Å². The summed E-state index contributed by atoms with van der Waals surface area (Å²) >= 11 is 0. The van der Waals surface area contributed by atoms with E-state index in [1.54, 1.807) is 0 Å². The van der Waals surface area contributed by atoms with E-state index in [9.17, 15) is 13.2 Å². The first-order valence-electron chi connectivity index (χ1n) is 6.34. The fourth-order valence-electron chi connectivity index (χ4n) is 1.74. The molecule has 7 heteroatoms. The number of carbonyl (C=O) groups is 1. The van der Waals surface area contributed by atoms with Crippen LogP contribution in [0.4, 0.5) is 0 Å². The van der Waals surface area contributed by atoms with Crippen molar-refractivity contribution >= 4 is 16.0 Å². The highest BCUT2D eigenvalue weighted by molar-refractivity contribution is 7.85. The molecule has 0 aliphatic carbocycles. The van der Waals surface area contributed by atoms with E-state index in [1.165, 1.54) is 6.08 Å². The second kappa shape index (κ2) is 8.29. The molecule has 0 aliphatic heterocycles. The van der Waals surface area contributed by atoms with E-state index in [1.807, 2.05) is 14.1 Å². The van der Waals surface area contributed by atoms with Crippen LogP contribution in [0, 0.1) is 0 Å². The van der Waals surface area contributed by atoms with Gasteiger partial charge in [-0.25, -0.2) is 0 Å². The van der Waals surface area contributed by atoms with Crippen LogP contribution >= 0.6 is 0 Å². The lowest BCUT2D eigenvalue weighted by Crippen LogP contribution is -2.42. The number of quaternary nitrogens is 1. The summed E-state index contributed by atoms with van der Waals surface area (Å²) in [5.41, 5.74) is 0. The summed E-state index contributed by atoms with van der Waals surface area (Å²) in [5, 5.41) is 2.71. The number of carbonyl (C=O) groups excluding carboxylic acids is 1. The van der Waals surface area contributed by atoms with Gasteiger partial charge in [-0.2, -0.15) is 8.42 Å². The van der Waals surface area contributed by atoms with Gasteiger partial charge in [-0.1, -0.05) is 6.58 Å². The lowest BCUT2D eigenvalue weighted by molar-refractivity contribution is -0.890. The maximum atomic E-state index is 10.9. The molecule has 0 aromatic carbocycles. The van der Waals surface area contributed by atoms with Crippen LogP contribution in [0.3, 0.4) is 0 Å². The van der Waals surface area contributed by atoms with E-state index in [4.69, 9.17) is 4.55 Å². The van der Waals surface area contributed by atoms with Crippen molar-refractivity contribution in [3.63, 3.8) is 0 Å². The van der Waals surface area contributed by atoms with Crippen LogP contribution < -0.4 is 5.32 Å². The summed E-state index contributed by atoms with van der Waals surface area (Å²) in [6.07, 6.45) is 3.50. The van der Waals surface area contributed by atoms with Gasteiger partial charge in [0.2, 0.25) is 5.91 Å². The second-order valence-corrected chi connectivity index (χ2v) is 6.80. The van der Waals surface area contributed by atoms with E-state index in [2.05, 4.69) is 11.9 Å². The van der Waals surface area contributed by atoms with Crippen molar-refractivity contribution in [2.24, 2.45) is 0 Å². The van der Waals surface area contributed by atoms with Crippen molar-refractivity contribution < 1.29 is 22.2 Å². The lowest BCUT2D eigenvalue weighted by atomic mass is 10.2. The van der Waals surface area contributed by atoms with Crippen LogP contribution in [0.2, 0.25) is 0 Å². The Kier molecular flexibility index (Phi) is 7.89. The molecule has 0 fully saturated rings. The highest BCUT2D eigenvalue weighted by Gasteiger charge is 2.16. The first kappa shape index (κ1) is 18.1. The predicted molar refractivity (Wildman–Crippen MR) is 75.3 cm³/mol. The third-order valence-electron chi connectivity index (χ3n) is 2.84. The van der Waals surface area contributed by atoms with Crippen molar-refractivity contribution in [3.05, 3.63) is 12.7 Å². The molecule has 1 amide bonds.